The monoisotopic (exact) mass is 1080 g/mol. The molecule has 410 valence electrons. The number of hydrogen-bond donors (Lipinski definition) is 6. The lowest BCUT2D eigenvalue weighted by molar-refractivity contribution is -0.187. The Morgan fingerprint density at radius 2 is 1.05 bits per heavy atom. The van der Waals surface area contributed by atoms with E-state index in [0.717, 1.165) is 52.6 Å². The summed E-state index contributed by atoms with van der Waals surface area (Å²) in [5.74, 6) is -3.87. The minimum atomic E-state index is -1.41. The van der Waals surface area contributed by atoms with Crippen LogP contribution in [0.3, 0.4) is 0 Å². The van der Waals surface area contributed by atoms with E-state index >= 15 is 0 Å². The minimum Gasteiger partial charge on any atom is -0.481 e. The summed E-state index contributed by atoms with van der Waals surface area (Å²) in [7, 11) is 0. The second-order valence-corrected chi connectivity index (χ2v) is 20.4. The Morgan fingerprint density at radius 3 is 1.40 bits per heavy atom. The number of carbonyl (C=O) groups excluding carboxylic acids is 4. The van der Waals surface area contributed by atoms with Crippen LogP contribution in [0.15, 0.2) is 122 Å². The number of nitrogens with zero attached hydrogens (tertiary/aromatic N) is 4. The number of H-pyrrole nitrogens is 2. The van der Waals surface area contributed by atoms with E-state index in [0.29, 0.717) is 19.4 Å². The fourth-order valence-electron chi connectivity index (χ4n) is 8.01. The first-order chi connectivity index (χ1) is 36.7. The van der Waals surface area contributed by atoms with Crippen LogP contribution in [-0.4, -0.2) is 114 Å². The lowest BCUT2D eigenvalue weighted by Gasteiger charge is -2.32. The number of carboxylic acid groups (broad SMARTS) is 2. The third-order valence-corrected chi connectivity index (χ3v) is 13.1. The van der Waals surface area contributed by atoms with Gasteiger partial charge < -0.3 is 35.1 Å². The van der Waals surface area contributed by atoms with E-state index in [4.69, 9.17) is 25.8 Å². The van der Waals surface area contributed by atoms with Gasteiger partial charge >= 0.3 is 17.9 Å². The number of aromatic nitrogens is 6. The molecule has 0 bridgehead atoms. The Labute approximate surface area is 453 Å². The molecule has 2 amide bonds. The fraction of sp³-hybridized carbons (Fsp3) is 0.404. The van der Waals surface area contributed by atoms with Crippen LogP contribution in [0.25, 0.3) is 22.3 Å². The van der Waals surface area contributed by atoms with Crippen LogP contribution in [0.1, 0.15) is 106 Å². The van der Waals surface area contributed by atoms with E-state index in [-0.39, 0.29) is 54.5 Å². The molecule has 1 aliphatic rings. The average molecular weight is 1080 g/mol. The number of esters is 1. The maximum absolute atomic E-state index is 12.8. The van der Waals surface area contributed by atoms with Gasteiger partial charge in [0.25, 0.3) is 11.8 Å². The molecule has 2 aromatic heterocycles. The van der Waals surface area contributed by atoms with Gasteiger partial charge in [-0.2, -0.15) is 30.8 Å². The first-order valence-electron chi connectivity index (χ1n) is 25.4. The normalized spacial score (nSPS) is 15.4. The zero-order chi connectivity index (χ0) is 56.0. The van der Waals surface area contributed by atoms with Gasteiger partial charge in [-0.3, -0.25) is 28.8 Å². The molecule has 1 saturated heterocycles. The highest BCUT2D eigenvalue weighted by Gasteiger charge is 2.40. The van der Waals surface area contributed by atoms with Gasteiger partial charge in [0.1, 0.15) is 12.0 Å². The Kier molecular flexibility index (Phi) is 23.2. The molecule has 0 radical (unpaired) electrons. The zero-order valence-corrected chi connectivity index (χ0v) is 45.0. The van der Waals surface area contributed by atoms with E-state index < -0.39 is 58.9 Å². The molecule has 0 saturated carbocycles. The number of aliphatic carboxylic acids is 2. The number of aromatic amines is 2. The van der Waals surface area contributed by atoms with E-state index in [1.165, 1.54) is 19.3 Å². The van der Waals surface area contributed by atoms with Crippen molar-refractivity contribution in [1.82, 2.24) is 41.5 Å². The quantitative estimate of drug-likeness (QED) is 0.0258. The lowest BCUT2D eigenvalue weighted by atomic mass is 9.82. The summed E-state index contributed by atoms with van der Waals surface area (Å²) < 4.78 is 16.7. The summed E-state index contributed by atoms with van der Waals surface area (Å²) in [6.07, 6.45) is 5.97. The van der Waals surface area contributed by atoms with Gasteiger partial charge in [-0.15, -0.1) is 0 Å². The van der Waals surface area contributed by atoms with Crippen molar-refractivity contribution in [2.75, 3.05) is 19.8 Å². The molecule has 1 unspecified atom stereocenters. The van der Waals surface area contributed by atoms with Crippen molar-refractivity contribution < 1.29 is 53.2 Å². The molecular weight excluding hydrogens is 1010 g/mol. The smallest absolute Gasteiger partial charge is 0.312 e. The van der Waals surface area contributed by atoms with Crippen LogP contribution in [0.4, 0.5) is 0 Å². The number of carbonyl (C=O) groups is 6. The van der Waals surface area contributed by atoms with Gasteiger partial charge in [0.2, 0.25) is 5.24 Å². The fourth-order valence-corrected chi connectivity index (χ4v) is 8.01. The van der Waals surface area contributed by atoms with Crippen molar-refractivity contribution in [2.45, 2.75) is 105 Å². The topological polar surface area (TPSA) is 278 Å². The van der Waals surface area contributed by atoms with Gasteiger partial charge in [-0.1, -0.05) is 137 Å². The van der Waals surface area contributed by atoms with E-state index in [2.05, 4.69) is 41.5 Å². The van der Waals surface area contributed by atoms with Crippen molar-refractivity contribution in [1.29, 1.82) is 0 Å². The van der Waals surface area contributed by atoms with Gasteiger partial charge in [0.15, 0.2) is 17.7 Å². The molecule has 6 aromatic rings. The SMILES string of the molecule is CC(C)C(=O)Cl.CC(C)C(=O)OC[C@](C)(C[C@@H](Cc1ccc(-c2ccccc2)cc1)NC(=O)c1cn[nH]n1)C(=O)O.C[C@@](COC1CCCCO1)(C[C@@H](Cc1ccc(-c2ccccc2)cc1)NC(=O)c1cn[nH]n1)C(=O)O. The van der Waals surface area contributed by atoms with Gasteiger partial charge in [0.05, 0.1) is 30.3 Å². The highest BCUT2D eigenvalue weighted by atomic mass is 35.5. The van der Waals surface area contributed by atoms with Crippen LogP contribution < -0.4 is 10.6 Å². The summed E-state index contributed by atoms with van der Waals surface area (Å²) in [6.45, 7) is 10.3. The molecule has 6 N–H and O–H groups in total. The molecule has 1 fully saturated rings. The molecule has 4 aromatic carbocycles. The average Bonchev–Trinajstić information content (AvgIpc) is 4.19. The van der Waals surface area contributed by atoms with Crippen LogP contribution in [0, 0.1) is 22.7 Å². The molecule has 3 heterocycles. The number of hydrogen-bond acceptors (Lipinski definition) is 13. The largest absolute Gasteiger partial charge is 0.481 e. The molecular formula is C57H69ClN8O11. The Balaban J connectivity index is 0.000000257. The van der Waals surface area contributed by atoms with Gasteiger partial charge in [-0.25, -0.2) is 0 Å². The van der Waals surface area contributed by atoms with Crippen molar-refractivity contribution in [3.05, 3.63) is 144 Å². The number of amides is 2. The summed E-state index contributed by atoms with van der Waals surface area (Å²) in [5.41, 5.74) is 3.82. The molecule has 0 spiro atoms. The second kappa shape index (κ2) is 29.6. The molecule has 0 aliphatic carbocycles. The standard InChI is InChI=1S/C27H32N4O5.C26H30N4O5.C4H7ClO/c1-27(26(33)34,18-36-24-9-5-6-14-35-24)16-22(29-25(32)23-17-28-31-30-23)15-19-10-12-21(13-11-19)20-7-3-2-4-8-20;1-17(2)24(32)35-16-26(3,25(33)34)14-21(28-23(31)22-15-27-30-29-22)13-18-9-11-20(12-10-18)19-7-5-4-6-8-19;1-3(2)4(5)6/h2-4,7-8,10-13,17,22,24H,5-6,9,14-16,18H2,1H3,(H,29,32)(H,33,34)(H,28,30,31);4-12,15,17,21H,13-14,16H2,1-3H3,(H,28,31)(H,33,34)(H,27,29,30);3H,1-2H3/t22-,24?,27+;21-,26+;/m11./s1. The lowest BCUT2D eigenvalue weighted by Crippen LogP contribution is -2.45. The predicted octanol–water partition coefficient (Wildman–Crippen LogP) is 8.74. The number of benzene rings is 4. The maximum atomic E-state index is 12.8. The van der Waals surface area contributed by atoms with Crippen molar-refractivity contribution in [3.63, 3.8) is 0 Å². The summed E-state index contributed by atoms with van der Waals surface area (Å²) in [6, 6.07) is 34.9. The third kappa shape index (κ3) is 19.5. The second-order valence-electron chi connectivity index (χ2n) is 20.1. The van der Waals surface area contributed by atoms with Crippen LogP contribution >= 0.6 is 11.6 Å². The predicted molar refractivity (Wildman–Crippen MR) is 288 cm³/mol. The zero-order valence-electron chi connectivity index (χ0n) is 44.2. The van der Waals surface area contributed by atoms with Crippen LogP contribution in [-0.2, 0) is 46.2 Å². The van der Waals surface area contributed by atoms with E-state index in [1.54, 1.807) is 34.6 Å². The molecule has 77 heavy (non-hydrogen) atoms. The first kappa shape index (κ1) is 60.3. The van der Waals surface area contributed by atoms with E-state index in [1.807, 2.05) is 109 Å². The van der Waals surface area contributed by atoms with E-state index in [9.17, 15) is 39.0 Å². The number of rotatable bonds is 23. The number of carboxylic acids is 2. The van der Waals surface area contributed by atoms with Crippen molar-refractivity contribution in [2.24, 2.45) is 22.7 Å². The van der Waals surface area contributed by atoms with Gasteiger partial charge in [-0.05, 0) is 104 Å². The number of halogens is 1. The Hall–Kier alpha value is -7.61. The highest BCUT2D eigenvalue weighted by molar-refractivity contribution is 6.63. The summed E-state index contributed by atoms with van der Waals surface area (Å²) >= 11 is 4.97. The van der Waals surface area contributed by atoms with Crippen molar-refractivity contribution >= 4 is 46.6 Å². The van der Waals surface area contributed by atoms with Gasteiger partial charge in [0, 0.05) is 24.6 Å². The van der Waals surface area contributed by atoms with Crippen molar-refractivity contribution in [3.8, 4) is 22.3 Å². The molecule has 7 rings (SSSR count). The Bertz CT molecular complexity index is 2780. The third-order valence-electron chi connectivity index (χ3n) is 12.7. The number of nitrogens with one attached hydrogen (secondary N) is 4. The Morgan fingerprint density at radius 1 is 0.636 bits per heavy atom. The summed E-state index contributed by atoms with van der Waals surface area (Å²) in [4.78, 5) is 71.9. The highest BCUT2D eigenvalue weighted by Crippen LogP contribution is 2.30. The minimum absolute atomic E-state index is 0.0176. The van der Waals surface area contributed by atoms with Crippen LogP contribution in [0.2, 0.25) is 0 Å². The molecule has 5 atom stereocenters. The number of ether oxygens (including phenoxy) is 3. The summed E-state index contributed by atoms with van der Waals surface area (Å²) in [5, 5.41) is 45.4. The molecule has 19 nitrogen and oxygen atoms in total. The van der Waals surface area contributed by atoms with Crippen LogP contribution in [0.5, 0.6) is 0 Å². The molecule has 20 heteroatoms. The molecule has 1 aliphatic heterocycles. The maximum Gasteiger partial charge on any atom is 0.312 e. The first-order valence-corrected chi connectivity index (χ1v) is 25.8.